The first-order valence-electron chi connectivity index (χ1n) is 6.23. The van der Waals surface area contributed by atoms with Crippen LogP contribution in [0.4, 0.5) is 4.39 Å². The smallest absolute Gasteiger partial charge is 0.239 e. The first kappa shape index (κ1) is 14.9. The Hall–Kier alpha value is -1.53. The third-order valence-electron chi connectivity index (χ3n) is 2.49. The lowest BCUT2D eigenvalue weighted by Gasteiger charge is -2.08. The Morgan fingerprint density at radius 1 is 1.25 bits per heavy atom. The average Bonchev–Trinajstić information content (AvgIpc) is 2.42. The van der Waals surface area contributed by atoms with Crippen LogP contribution in [0.25, 0.3) is 0 Å². The Kier molecular flexibility index (Phi) is 5.03. The van der Waals surface area contributed by atoms with E-state index in [9.17, 15) is 4.39 Å². The van der Waals surface area contributed by atoms with Gasteiger partial charge in [-0.2, -0.15) is 5.10 Å². The molecule has 0 bridgehead atoms. The predicted octanol–water partition coefficient (Wildman–Crippen LogP) is 3.67. The number of rotatable bonds is 5. The van der Waals surface area contributed by atoms with Crippen molar-refractivity contribution in [2.45, 2.75) is 26.4 Å². The second kappa shape index (κ2) is 6.76. The van der Waals surface area contributed by atoms with Gasteiger partial charge in [-0.1, -0.05) is 29.8 Å². The summed E-state index contributed by atoms with van der Waals surface area (Å²) in [5, 5.41) is 11.2. The second-order valence-corrected chi connectivity index (χ2v) is 5.49. The minimum absolute atomic E-state index is 0.113. The van der Waals surface area contributed by atoms with Crippen LogP contribution in [0, 0.1) is 5.82 Å². The van der Waals surface area contributed by atoms with Gasteiger partial charge in [-0.25, -0.2) is 4.39 Å². The van der Waals surface area contributed by atoms with Gasteiger partial charge in [-0.15, -0.1) is 5.10 Å². The molecule has 0 saturated heterocycles. The first-order chi connectivity index (χ1) is 9.54. The molecule has 0 atom stereocenters. The van der Waals surface area contributed by atoms with E-state index in [1.807, 2.05) is 0 Å². The molecule has 106 valence electrons. The zero-order valence-corrected chi connectivity index (χ0v) is 12.8. The van der Waals surface area contributed by atoms with Crippen molar-refractivity contribution in [1.82, 2.24) is 15.5 Å². The van der Waals surface area contributed by atoms with Crippen LogP contribution in [0.1, 0.15) is 19.5 Å². The molecule has 0 unspecified atom stereocenters. The zero-order valence-electron chi connectivity index (χ0n) is 11.2. The highest BCUT2D eigenvalue weighted by Crippen LogP contribution is 2.26. The monoisotopic (exact) mass is 339 g/mol. The minimum Gasteiger partial charge on any atom is -0.434 e. The van der Waals surface area contributed by atoms with E-state index in [2.05, 4.69) is 45.3 Å². The Bertz CT molecular complexity index is 575. The van der Waals surface area contributed by atoms with Gasteiger partial charge in [0.15, 0.2) is 11.6 Å². The van der Waals surface area contributed by atoms with Crippen molar-refractivity contribution >= 4 is 15.9 Å². The summed E-state index contributed by atoms with van der Waals surface area (Å²) in [4.78, 5) is 0. The maximum atomic E-state index is 13.5. The lowest BCUT2D eigenvalue weighted by molar-refractivity contribution is 0.420. The molecule has 1 aromatic heterocycles. The quantitative estimate of drug-likeness (QED) is 0.902. The number of aromatic nitrogens is 2. The van der Waals surface area contributed by atoms with Gasteiger partial charge in [0.2, 0.25) is 5.88 Å². The summed E-state index contributed by atoms with van der Waals surface area (Å²) in [7, 11) is 0. The van der Waals surface area contributed by atoms with Crippen LogP contribution in [0.3, 0.4) is 0 Å². The molecule has 2 rings (SSSR count). The van der Waals surface area contributed by atoms with Crippen molar-refractivity contribution in [1.29, 1.82) is 0 Å². The normalized spacial score (nSPS) is 10.8. The maximum absolute atomic E-state index is 13.5. The molecule has 0 spiro atoms. The molecule has 0 amide bonds. The molecule has 0 fully saturated rings. The molecule has 4 nitrogen and oxygen atoms in total. The van der Waals surface area contributed by atoms with Gasteiger partial charge in [0.1, 0.15) is 0 Å². The predicted molar refractivity (Wildman–Crippen MR) is 78.2 cm³/mol. The van der Waals surface area contributed by atoms with Crippen LogP contribution in [0.15, 0.2) is 34.8 Å². The number of ether oxygens (including phenoxy) is 1. The number of hydrogen-bond donors (Lipinski definition) is 1. The number of halogens is 2. The largest absolute Gasteiger partial charge is 0.434 e. The van der Waals surface area contributed by atoms with E-state index in [0.29, 0.717) is 12.6 Å². The molecule has 1 heterocycles. The van der Waals surface area contributed by atoms with Crippen LogP contribution in [0.5, 0.6) is 11.6 Å². The summed E-state index contributed by atoms with van der Waals surface area (Å²) in [6.07, 6.45) is 0. The van der Waals surface area contributed by atoms with E-state index in [1.54, 1.807) is 24.3 Å². The van der Waals surface area contributed by atoms with Gasteiger partial charge in [0, 0.05) is 23.1 Å². The van der Waals surface area contributed by atoms with Crippen molar-refractivity contribution in [3.8, 4) is 11.6 Å². The van der Waals surface area contributed by atoms with Crippen LogP contribution < -0.4 is 10.1 Å². The fraction of sp³-hybridized carbons (Fsp3) is 0.286. The second-order valence-electron chi connectivity index (χ2n) is 4.58. The molecule has 1 aromatic carbocycles. The van der Waals surface area contributed by atoms with Crippen molar-refractivity contribution in [2.24, 2.45) is 0 Å². The summed E-state index contributed by atoms with van der Waals surface area (Å²) < 4.78 is 19.6. The van der Waals surface area contributed by atoms with Gasteiger partial charge in [-0.05, 0) is 24.3 Å². The maximum Gasteiger partial charge on any atom is 0.239 e. The number of benzene rings is 1. The highest BCUT2D eigenvalue weighted by Gasteiger charge is 2.07. The molecule has 20 heavy (non-hydrogen) atoms. The lowest BCUT2D eigenvalue weighted by atomic mass is 10.3. The highest BCUT2D eigenvalue weighted by atomic mass is 79.9. The van der Waals surface area contributed by atoms with Crippen molar-refractivity contribution in [3.05, 3.63) is 46.3 Å². The summed E-state index contributed by atoms with van der Waals surface area (Å²) in [6, 6.07) is 8.33. The molecule has 0 aliphatic heterocycles. The van der Waals surface area contributed by atoms with Crippen LogP contribution in [0.2, 0.25) is 0 Å². The molecule has 1 N–H and O–H groups in total. The summed E-state index contributed by atoms with van der Waals surface area (Å²) in [5.41, 5.74) is 0.806. The Balaban J connectivity index is 2.05. The first-order valence-corrected chi connectivity index (χ1v) is 7.03. The van der Waals surface area contributed by atoms with Crippen molar-refractivity contribution in [2.75, 3.05) is 0 Å². The van der Waals surface area contributed by atoms with E-state index < -0.39 is 5.82 Å². The molecule has 0 aliphatic carbocycles. The third kappa shape index (κ3) is 4.25. The van der Waals surface area contributed by atoms with Gasteiger partial charge >= 0.3 is 0 Å². The molecular formula is C14H15BrFN3O. The van der Waals surface area contributed by atoms with E-state index in [0.717, 1.165) is 10.2 Å². The molecule has 0 radical (unpaired) electrons. The molecular weight excluding hydrogens is 325 g/mol. The number of nitrogens with one attached hydrogen (secondary N) is 1. The van der Waals surface area contributed by atoms with Crippen LogP contribution in [-0.4, -0.2) is 16.2 Å². The fourth-order valence-corrected chi connectivity index (χ4v) is 1.81. The zero-order chi connectivity index (χ0) is 14.5. The minimum atomic E-state index is -0.444. The summed E-state index contributed by atoms with van der Waals surface area (Å²) in [5.74, 6) is -0.0717. The van der Waals surface area contributed by atoms with Gasteiger partial charge < -0.3 is 10.1 Å². The van der Waals surface area contributed by atoms with Gasteiger partial charge in [-0.3, -0.25) is 0 Å². The Morgan fingerprint density at radius 3 is 2.70 bits per heavy atom. The third-order valence-corrected chi connectivity index (χ3v) is 2.99. The SMILES string of the molecule is CC(C)NCc1ccc(Oc2cc(Br)ccc2F)nn1. The number of hydrogen-bond acceptors (Lipinski definition) is 4. The van der Waals surface area contributed by atoms with Crippen molar-refractivity contribution in [3.63, 3.8) is 0 Å². The van der Waals surface area contributed by atoms with Crippen LogP contribution >= 0.6 is 15.9 Å². The van der Waals surface area contributed by atoms with E-state index in [4.69, 9.17) is 4.74 Å². The summed E-state index contributed by atoms with van der Waals surface area (Å²) >= 11 is 3.26. The molecule has 2 aromatic rings. The standard InChI is InChI=1S/C14H15BrFN3O/c1-9(2)17-8-11-4-6-14(19-18-11)20-13-7-10(15)3-5-12(13)16/h3-7,9,17H,8H2,1-2H3. The summed E-state index contributed by atoms with van der Waals surface area (Å²) in [6.45, 7) is 4.75. The van der Waals surface area contributed by atoms with Crippen LogP contribution in [-0.2, 0) is 6.54 Å². The average molecular weight is 340 g/mol. The Labute approximate surface area is 125 Å². The van der Waals surface area contributed by atoms with E-state index >= 15 is 0 Å². The Morgan fingerprint density at radius 2 is 2.05 bits per heavy atom. The van der Waals surface area contributed by atoms with E-state index in [1.165, 1.54) is 6.07 Å². The fourth-order valence-electron chi connectivity index (χ4n) is 1.47. The van der Waals surface area contributed by atoms with Gasteiger partial charge in [0.25, 0.3) is 0 Å². The molecule has 6 heteroatoms. The van der Waals surface area contributed by atoms with Gasteiger partial charge in [0.05, 0.1) is 5.69 Å². The molecule has 0 aliphatic rings. The molecule has 0 saturated carbocycles. The number of nitrogens with zero attached hydrogens (tertiary/aromatic N) is 2. The van der Waals surface area contributed by atoms with E-state index in [-0.39, 0.29) is 11.6 Å². The topological polar surface area (TPSA) is 47.0 Å². The lowest BCUT2D eigenvalue weighted by Crippen LogP contribution is -2.22. The van der Waals surface area contributed by atoms with Crippen molar-refractivity contribution < 1.29 is 9.13 Å². The highest BCUT2D eigenvalue weighted by molar-refractivity contribution is 9.10.